The summed E-state index contributed by atoms with van der Waals surface area (Å²) < 4.78 is 0. The topological polar surface area (TPSA) is 69.6 Å². The van der Waals surface area contributed by atoms with E-state index in [9.17, 15) is 9.59 Å². The normalized spacial score (nSPS) is 11.9. The number of unbranched alkanes of at least 4 members (excludes halogenated alkanes) is 3. The van der Waals surface area contributed by atoms with E-state index in [0.717, 1.165) is 12.8 Å². The lowest BCUT2D eigenvalue weighted by atomic mass is 10.2. The van der Waals surface area contributed by atoms with E-state index in [1.54, 1.807) is 0 Å². The number of carbonyl (C=O) groups excluding carboxylic acids is 1. The summed E-state index contributed by atoms with van der Waals surface area (Å²) in [6, 6.07) is -1.12. The van der Waals surface area contributed by atoms with Crippen LogP contribution < -0.4 is 5.32 Å². The quantitative estimate of drug-likeness (QED) is 0.632. The van der Waals surface area contributed by atoms with Crippen LogP contribution in [-0.4, -0.2) is 53.6 Å². The number of likely N-dealkylation sites (N-methyl/N-ethyl adjacent to an activating group) is 1. The number of carboxylic acids is 1. The molecule has 106 valence electrons. The Kier molecular flexibility index (Phi) is 9.55. The molecule has 0 aliphatic heterocycles. The Labute approximate surface area is 113 Å². The second-order valence-corrected chi connectivity index (χ2v) is 5.25. The monoisotopic (exact) mass is 276 g/mol. The predicted octanol–water partition coefficient (Wildman–Crippen LogP) is 2.02. The van der Waals surface area contributed by atoms with E-state index in [1.807, 2.05) is 11.8 Å². The molecule has 5 nitrogen and oxygen atoms in total. The van der Waals surface area contributed by atoms with Gasteiger partial charge >= 0.3 is 12.0 Å². The molecule has 0 aromatic rings. The van der Waals surface area contributed by atoms with Crippen LogP contribution in [0.3, 0.4) is 0 Å². The number of hydrogen-bond donors (Lipinski definition) is 2. The third-order valence-corrected chi connectivity index (χ3v) is 3.51. The van der Waals surface area contributed by atoms with Crippen molar-refractivity contribution in [2.45, 2.75) is 38.6 Å². The van der Waals surface area contributed by atoms with Gasteiger partial charge in [0.2, 0.25) is 0 Å². The zero-order valence-electron chi connectivity index (χ0n) is 11.4. The second-order valence-electron chi connectivity index (χ2n) is 4.26. The summed E-state index contributed by atoms with van der Waals surface area (Å²) in [5.74, 6) is 0.190. The van der Waals surface area contributed by atoms with Gasteiger partial charge in [-0.15, -0.1) is 0 Å². The molecule has 0 aliphatic carbocycles. The van der Waals surface area contributed by atoms with Gasteiger partial charge in [0.1, 0.15) is 6.04 Å². The van der Waals surface area contributed by atoms with Gasteiger partial charge in [-0.3, -0.25) is 0 Å². The molecule has 0 rings (SSSR count). The van der Waals surface area contributed by atoms with Crippen LogP contribution in [0.5, 0.6) is 0 Å². The maximum Gasteiger partial charge on any atom is 0.326 e. The molecule has 0 fully saturated rings. The van der Waals surface area contributed by atoms with Crippen LogP contribution in [-0.2, 0) is 4.79 Å². The van der Waals surface area contributed by atoms with Crippen molar-refractivity contribution in [1.29, 1.82) is 0 Å². The lowest BCUT2D eigenvalue weighted by Gasteiger charge is -2.21. The van der Waals surface area contributed by atoms with E-state index in [1.165, 1.54) is 37.5 Å². The number of aliphatic carboxylic acids is 1. The molecule has 0 spiro atoms. The summed E-state index contributed by atoms with van der Waals surface area (Å²) in [6.45, 7) is 2.10. The first-order valence-electron chi connectivity index (χ1n) is 6.23. The summed E-state index contributed by atoms with van der Waals surface area (Å²) >= 11 is 1.85. The molecule has 0 bridgehead atoms. The molecule has 0 saturated carbocycles. The van der Waals surface area contributed by atoms with Crippen molar-refractivity contribution < 1.29 is 14.7 Å². The minimum atomic E-state index is -0.996. The minimum Gasteiger partial charge on any atom is -0.480 e. The highest BCUT2D eigenvalue weighted by Gasteiger charge is 2.20. The van der Waals surface area contributed by atoms with Crippen molar-refractivity contribution in [2.24, 2.45) is 0 Å². The number of carboxylic acid groups (broad SMARTS) is 1. The standard InChI is InChI=1S/C12H24N2O3S/c1-10(11(15)16)14(2)12(17)13-8-6-4-5-7-9-18-3/h10H,4-9H2,1-3H3,(H,13,17)(H,15,16). The van der Waals surface area contributed by atoms with E-state index in [2.05, 4.69) is 11.6 Å². The highest BCUT2D eigenvalue weighted by Crippen LogP contribution is 2.04. The van der Waals surface area contributed by atoms with Crippen LogP contribution in [0.1, 0.15) is 32.6 Å². The number of hydrogen-bond acceptors (Lipinski definition) is 3. The van der Waals surface area contributed by atoms with E-state index in [4.69, 9.17) is 5.11 Å². The van der Waals surface area contributed by atoms with E-state index < -0.39 is 12.0 Å². The van der Waals surface area contributed by atoms with Crippen LogP contribution in [0, 0.1) is 0 Å². The average molecular weight is 276 g/mol. The van der Waals surface area contributed by atoms with Crippen LogP contribution in [0.25, 0.3) is 0 Å². The van der Waals surface area contributed by atoms with Crippen molar-refractivity contribution in [1.82, 2.24) is 10.2 Å². The van der Waals surface area contributed by atoms with Gasteiger partial charge in [-0.2, -0.15) is 11.8 Å². The number of thioether (sulfide) groups is 1. The minimum absolute atomic E-state index is 0.325. The Morgan fingerprint density at radius 3 is 2.44 bits per heavy atom. The number of rotatable bonds is 9. The first kappa shape index (κ1) is 17.1. The molecule has 1 unspecified atom stereocenters. The van der Waals surface area contributed by atoms with Crippen molar-refractivity contribution in [3.8, 4) is 0 Å². The third-order valence-electron chi connectivity index (χ3n) is 2.81. The molecule has 0 aromatic carbocycles. The third kappa shape index (κ3) is 7.42. The molecule has 18 heavy (non-hydrogen) atoms. The molecule has 2 N–H and O–H groups in total. The molecule has 0 heterocycles. The largest absolute Gasteiger partial charge is 0.480 e. The fourth-order valence-electron chi connectivity index (χ4n) is 1.39. The van der Waals surface area contributed by atoms with Crippen molar-refractivity contribution >= 4 is 23.8 Å². The van der Waals surface area contributed by atoms with Gasteiger partial charge in [0.25, 0.3) is 0 Å². The van der Waals surface area contributed by atoms with Gasteiger partial charge in [0.05, 0.1) is 0 Å². The van der Waals surface area contributed by atoms with Crippen LogP contribution in [0.15, 0.2) is 0 Å². The number of carbonyl (C=O) groups is 2. The maximum absolute atomic E-state index is 11.6. The first-order valence-corrected chi connectivity index (χ1v) is 7.62. The predicted molar refractivity (Wildman–Crippen MR) is 75.1 cm³/mol. The first-order chi connectivity index (χ1) is 8.50. The number of urea groups is 1. The van der Waals surface area contributed by atoms with Gasteiger partial charge < -0.3 is 15.3 Å². The van der Waals surface area contributed by atoms with Crippen molar-refractivity contribution in [3.63, 3.8) is 0 Å². The molecule has 0 saturated heterocycles. The SMILES string of the molecule is CSCCCCCCNC(=O)N(C)C(C)C(=O)O. The molecule has 1 atom stereocenters. The van der Waals surface area contributed by atoms with Gasteiger partial charge in [0, 0.05) is 13.6 Å². The molecule has 6 heteroatoms. The fourth-order valence-corrected chi connectivity index (χ4v) is 1.88. The summed E-state index contributed by atoms with van der Waals surface area (Å²) in [6.07, 6.45) is 6.53. The number of nitrogens with one attached hydrogen (secondary N) is 1. The zero-order valence-corrected chi connectivity index (χ0v) is 12.3. The van der Waals surface area contributed by atoms with Gasteiger partial charge in [-0.1, -0.05) is 12.8 Å². The van der Waals surface area contributed by atoms with Crippen LogP contribution in [0.2, 0.25) is 0 Å². The Bertz CT molecular complexity index is 262. The highest BCUT2D eigenvalue weighted by molar-refractivity contribution is 7.98. The number of nitrogens with zero attached hydrogens (tertiary/aromatic N) is 1. The van der Waals surface area contributed by atoms with Crippen molar-refractivity contribution in [3.05, 3.63) is 0 Å². The van der Waals surface area contributed by atoms with Gasteiger partial charge in [-0.25, -0.2) is 9.59 Å². The van der Waals surface area contributed by atoms with E-state index in [0.29, 0.717) is 6.54 Å². The molecule has 0 radical (unpaired) electrons. The lowest BCUT2D eigenvalue weighted by molar-refractivity contribution is -0.141. The fraction of sp³-hybridized carbons (Fsp3) is 0.833. The van der Waals surface area contributed by atoms with Crippen molar-refractivity contribution in [2.75, 3.05) is 25.6 Å². The van der Waals surface area contributed by atoms with Crippen LogP contribution in [0.4, 0.5) is 4.79 Å². The molecular formula is C12H24N2O3S. The zero-order chi connectivity index (χ0) is 14.0. The Morgan fingerprint density at radius 2 is 1.89 bits per heavy atom. The Morgan fingerprint density at radius 1 is 1.28 bits per heavy atom. The van der Waals surface area contributed by atoms with E-state index in [-0.39, 0.29) is 6.03 Å². The van der Waals surface area contributed by atoms with Gasteiger partial charge in [0.15, 0.2) is 0 Å². The average Bonchev–Trinajstić information content (AvgIpc) is 2.35. The molecule has 0 aliphatic rings. The van der Waals surface area contributed by atoms with Gasteiger partial charge in [-0.05, 0) is 31.8 Å². The molecule has 0 aromatic heterocycles. The van der Waals surface area contributed by atoms with E-state index >= 15 is 0 Å². The summed E-state index contributed by atoms with van der Waals surface area (Å²) in [4.78, 5) is 23.5. The van der Waals surface area contributed by atoms with Crippen LogP contribution >= 0.6 is 11.8 Å². The number of amides is 2. The lowest BCUT2D eigenvalue weighted by Crippen LogP contribution is -2.45. The smallest absolute Gasteiger partial charge is 0.326 e. The summed E-state index contributed by atoms with van der Waals surface area (Å²) in [5, 5.41) is 11.5. The summed E-state index contributed by atoms with van der Waals surface area (Å²) in [7, 11) is 1.49. The summed E-state index contributed by atoms with van der Waals surface area (Å²) in [5.41, 5.74) is 0. The Hall–Kier alpha value is -0.910. The second kappa shape index (κ2) is 10.1. The molecule has 2 amide bonds. The maximum atomic E-state index is 11.6. The Balaban J connectivity index is 3.61. The highest BCUT2D eigenvalue weighted by atomic mass is 32.2. The molecular weight excluding hydrogens is 252 g/mol.